The summed E-state index contributed by atoms with van der Waals surface area (Å²) in [5.74, 6) is -0.205. The van der Waals surface area contributed by atoms with Crippen molar-refractivity contribution in [2.24, 2.45) is 0 Å². The van der Waals surface area contributed by atoms with Crippen LogP contribution in [0, 0.1) is 10.1 Å². The Morgan fingerprint density at radius 2 is 1.63 bits per heavy atom. The first-order chi connectivity index (χ1) is 14.1. The van der Waals surface area contributed by atoms with Crippen LogP contribution in [0.25, 0.3) is 0 Å². The Balaban J connectivity index is 2.31. The summed E-state index contributed by atoms with van der Waals surface area (Å²) in [6.45, 7) is 4.81. The van der Waals surface area contributed by atoms with E-state index in [1.165, 1.54) is 44.4 Å². The first kappa shape index (κ1) is 23.2. The molecule has 0 heterocycles. The molecular formula is C19H23N2O8P. The Morgan fingerprint density at radius 1 is 1.03 bits per heavy atom. The highest BCUT2D eigenvalue weighted by molar-refractivity contribution is 7.52. The van der Waals surface area contributed by atoms with Gasteiger partial charge in [0, 0.05) is 12.1 Å². The molecule has 1 unspecified atom stereocenters. The van der Waals surface area contributed by atoms with Crippen molar-refractivity contribution >= 4 is 19.4 Å². The molecule has 0 fully saturated rings. The van der Waals surface area contributed by atoms with E-state index in [0.29, 0.717) is 5.75 Å². The molecule has 0 aliphatic carbocycles. The van der Waals surface area contributed by atoms with Gasteiger partial charge in [-0.3, -0.25) is 14.9 Å². The normalized spacial score (nSPS) is 13.8. The lowest BCUT2D eigenvalue weighted by Gasteiger charge is -2.24. The van der Waals surface area contributed by atoms with Crippen LogP contribution in [0.2, 0.25) is 0 Å². The first-order valence-corrected chi connectivity index (χ1v) is 10.5. The van der Waals surface area contributed by atoms with E-state index in [0.717, 1.165) is 0 Å². The van der Waals surface area contributed by atoms with Gasteiger partial charge in [0.25, 0.3) is 5.69 Å². The molecule has 0 saturated carbocycles. The van der Waals surface area contributed by atoms with Gasteiger partial charge in [0.05, 0.1) is 18.1 Å². The highest BCUT2D eigenvalue weighted by Crippen LogP contribution is 2.47. The number of rotatable bonds is 10. The summed E-state index contributed by atoms with van der Waals surface area (Å²) in [5.41, 5.74) is -0.162. The predicted molar refractivity (Wildman–Crippen MR) is 109 cm³/mol. The van der Waals surface area contributed by atoms with E-state index in [1.807, 2.05) is 0 Å². The molecule has 0 aliphatic rings. The zero-order valence-electron chi connectivity index (χ0n) is 16.9. The smallest absolute Gasteiger partial charge is 0.493 e. The molecule has 1 N–H and O–H groups in total. The van der Waals surface area contributed by atoms with Crippen molar-refractivity contribution < 1.29 is 32.8 Å². The number of nitrogens with one attached hydrogen (secondary N) is 1. The van der Waals surface area contributed by atoms with E-state index >= 15 is 0 Å². The first-order valence-electron chi connectivity index (χ1n) is 8.98. The quantitative estimate of drug-likeness (QED) is 0.252. The maximum absolute atomic E-state index is 13.5. The number of para-hydroxylation sites is 2. The molecule has 10 nitrogen and oxygen atoms in total. The number of non-ortho nitro benzene ring substituents is 1. The molecule has 2 aromatic carbocycles. The number of benzene rings is 2. The average molecular weight is 438 g/mol. The van der Waals surface area contributed by atoms with Crippen LogP contribution in [-0.4, -0.2) is 30.1 Å². The fourth-order valence-electron chi connectivity index (χ4n) is 2.29. The SMILES string of the molecule is COc1ccccc1OP(=O)(N[C@@H](C)C(=O)OC(C)C)Oc1ccc([N+](=O)[O-])cc1. The van der Waals surface area contributed by atoms with Crippen LogP contribution < -0.4 is 18.9 Å². The van der Waals surface area contributed by atoms with Gasteiger partial charge in [-0.1, -0.05) is 12.1 Å². The third-order valence-electron chi connectivity index (χ3n) is 3.62. The molecule has 0 aliphatic heterocycles. The standard InChI is InChI=1S/C19H23N2O8P/c1-13(2)27-19(22)14(3)20-30(25,29-18-8-6-5-7-17(18)26-4)28-16-11-9-15(10-12-16)21(23)24/h5-14H,1-4H3,(H,20,25)/t14-,30?/m0/s1. The Labute approximate surface area is 173 Å². The van der Waals surface area contributed by atoms with Crippen molar-refractivity contribution in [2.75, 3.05) is 7.11 Å². The van der Waals surface area contributed by atoms with Crippen LogP contribution in [0.1, 0.15) is 20.8 Å². The monoisotopic (exact) mass is 438 g/mol. The zero-order valence-corrected chi connectivity index (χ0v) is 17.8. The van der Waals surface area contributed by atoms with Crippen LogP contribution in [-0.2, 0) is 14.1 Å². The highest BCUT2D eigenvalue weighted by Gasteiger charge is 2.35. The molecule has 11 heteroatoms. The minimum absolute atomic E-state index is 0.0377. The Kier molecular flexibility index (Phi) is 7.79. The van der Waals surface area contributed by atoms with E-state index in [9.17, 15) is 19.5 Å². The van der Waals surface area contributed by atoms with Crippen molar-refractivity contribution in [3.8, 4) is 17.2 Å². The number of hydrogen-bond donors (Lipinski definition) is 1. The summed E-state index contributed by atoms with van der Waals surface area (Å²) in [5, 5.41) is 13.4. The van der Waals surface area contributed by atoms with Crippen molar-refractivity contribution in [3.05, 3.63) is 58.6 Å². The summed E-state index contributed by atoms with van der Waals surface area (Å²) >= 11 is 0. The van der Waals surface area contributed by atoms with Crippen LogP contribution in [0.4, 0.5) is 5.69 Å². The minimum Gasteiger partial charge on any atom is -0.493 e. The molecule has 0 radical (unpaired) electrons. The molecule has 2 aromatic rings. The predicted octanol–water partition coefficient (Wildman–Crippen LogP) is 4.10. The van der Waals surface area contributed by atoms with Gasteiger partial charge in [-0.2, -0.15) is 5.09 Å². The molecule has 0 amide bonds. The number of ether oxygens (including phenoxy) is 2. The van der Waals surface area contributed by atoms with E-state index in [1.54, 1.807) is 32.0 Å². The summed E-state index contributed by atoms with van der Waals surface area (Å²) in [4.78, 5) is 22.4. The highest BCUT2D eigenvalue weighted by atomic mass is 31.2. The lowest BCUT2D eigenvalue weighted by molar-refractivity contribution is -0.384. The van der Waals surface area contributed by atoms with E-state index in [2.05, 4.69) is 5.09 Å². The number of esters is 1. The third-order valence-corrected chi connectivity index (χ3v) is 5.21. The molecular weight excluding hydrogens is 415 g/mol. The summed E-state index contributed by atoms with van der Waals surface area (Å²) in [6, 6.07) is 10.4. The molecule has 30 heavy (non-hydrogen) atoms. The van der Waals surface area contributed by atoms with Gasteiger partial charge >= 0.3 is 13.7 Å². The second-order valence-corrected chi connectivity index (χ2v) is 8.04. The molecule has 2 atom stereocenters. The van der Waals surface area contributed by atoms with Crippen molar-refractivity contribution in [1.82, 2.24) is 5.09 Å². The average Bonchev–Trinajstić information content (AvgIpc) is 2.68. The maximum Gasteiger partial charge on any atom is 0.513 e. The van der Waals surface area contributed by atoms with Gasteiger partial charge < -0.3 is 18.5 Å². The molecule has 0 saturated heterocycles. The number of nitro benzene ring substituents is 1. The molecule has 0 aromatic heterocycles. The minimum atomic E-state index is -4.20. The fourth-order valence-corrected chi connectivity index (χ4v) is 3.82. The third kappa shape index (κ3) is 6.47. The van der Waals surface area contributed by atoms with Gasteiger partial charge in [-0.05, 0) is 45.0 Å². The Hall–Kier alpha value is -3.10. The number of hydrogen-bond acceptors (Lipinski definition) is 8. The number of methoxy groups -OCH3 is 1. The molecule has 2 rings (SSSR count). The Bertz CT molecular complexity index is 932. The lowest BCUT2D eigenvalue weighted by Crippen LogP contribution is -2.36. The molecule has 0 bridgehead atoms. The van der Waals surface area contributed by atoms with Crippen LogP contribution >= 0.6 is 7.75 Å². The topological polar surface area (TPSA) is 126 Å². The van der Waals surface area contributed by atoms with Crippen LogP contribution in [0.5, 0.6) is 17.2 Å². The number of carbonyl (C=O) groups is 1. The van der Waals surface area contributed by atoms with Crippen molar-refractivity contribution in [1.29, 1.82) is 0 Å². The zero-order chi connectivity index (χ0) is 22.3. The van der Waals surface area contributed by atoms with E-state index < -0.39 is 24.7 Å². The van der Waals surface area contributed by atoms with Crippen molar-refractivity contribution in [2.45, 2.75) is 32.9 Å². The van der Waals surface area contributed by atoms with Gasteiger partial charge in [-0.25, -0.2) is 4.57 Å². The maximum atomic E-state index is 13.5. The second kappa shape index (κ2) is 10.1. The summed E-state index contributed by atoms with van der Waals surface area (Å²) < 4.78 is 34.9. The lowest BCUT2D eigenvalue weighted by atomic mass is 10.3. The largest absolute Gasteiger partial charge is 0.513 e. The van der Waals surface area contributed by atoms with Crippen LogP contribution in [0.15, 0.2) is 48.5 Å². The van der Waals surface area contributed by atoms with Gasteiger partial charge in [0.2, 0.25) is 0 Å². The molecule has 0 spiro atoms. The van der Waals surface area contributed by atoms with Gasteiger partial charge in [-0.15, -0.1) is 0 Å². The molecule has 162 valence electrons. The van der Waals surface area contributed by atoms with Gasteiger partial charge in [0.1, 0.15) is 11.8 Å². The summed E-state index contributed by atoms with van der Waals surface area (Å²) in [6.07, 6.45) is -0.369. The second-order valence-electron chi connectivity index (χ2n) is 6.42. The van der Waals surface area contributed by atoms with Crippen molar-refractivity contribution in [3.63, 3.8) is 0 Å². The summed E-state index contributed by atoms with van der Waals surface area (Å²) in [7, 11) is -2.78. The van der Waals surface area contributed by atoms with E-state index in [-0.39, 0.29) is 23.3 Å². The van der Waals surface area contributed by atoms with E-state index in [4.69, 9.17) is 18.5 Å². The van der Waals surface area contributed by atoms with Crippen LogP contribution in [0.3, 0.4) is 0 Å². The number of carbonyl (C=O) groups excluding carboxylic acids is 1. The number of nitro groups is 1. The number of nitrogens with zero attached hydrogens (tertiary/aromatic N) is 1. The van der Waals surface area contributed by atoms with Gasteiger partial charge in [0.15, 0.2) is 11.5 Å². The fraction of sp³-hybridized carbons (Fsp3) is 0.316. The Morgan fingerprint density at radius 3 is 2.17 bits per heavy atom.